The molecule has 1 atom stereocenters. The third-order valence-corrected chi connectivity index (χ3v) is 3.76. The number of rotatable bonds is 12. The number of hydrogen-bond donors (Lipinski definition) is 0. The van der Waals surface area contributed by atoms with Gasteiger partial charge < -0.3 is 9.47 Å². The van der Waals surface area contributed by atoms with Gasteiger partial charge in [-0.1, -0.05) is 58.3 Å². The zero-order valence-electron chi connectivity index (χ0n) is 13.7. The second-order valence-electron chi connectivity index (χ2n) is 5.68. The van der Waals surface area contributed by atoms with Crippen LogP contribution in [0.1, 0.15) is 78.1 Å². The molecule has 0 amide bonds. The number of esters is 1. The van der Waals surface area contributed by atoms with E-state index in [-0.39, 0.29) is 5.97 Å². The minimum Gasteiger partial charge on any atom is -0.478 e. The molecule has 0 aromatic heterocycles. The molecule has 0 fully saturated rings. The zero-order chi connectivity index (χ0) is 15.3. The lowest BCUT2D eigenvalue weighted by Gasteiger charge is -2.03. The van der Waals surface area contributed by atoms with E-state index in [0.29, 0.717) is 13.2 Å². The highest BCUT2D eigenvalue weighted by Crippen LogP contribution is 2.14. The van der Waals surface area contributed by atoms with E-state index < -0.39 is 6.04 Å². The average Bonchev–Trinajstić information content (AvgIpc) is 2.95. The number of carbonyl (C=O) groups excluding carboxylic acids is 1. The Morgan fingerprint density at radius 1 is 1.10 bits per heavy atom. The highest BCUT2D eigenvalue weighted by Gasteiger charge is 2.26. The van der Waals surface area contributed by atoms with Crippen molar-refractivity contribution in [3.8, 4) is 0 Å². The fraction of sp³-hybridized carbons (Fsp3) is 0.882. The number of carbonyl (C=O) groups is 1. The van der Waals surface area contributed by atoms with Crippen molar-refractivity contribution in [3.05, 3.63) is 0 Å². The van der Waals surface area contributed by atoms with E-state index >= 15 is 0 Å². The van der Waals surface area contributed by atoms with Gasteiger partial charge in [-0.2, -0.15) is 0 Å². The molecule has 1 rings (SSSR count). The van der Waals surface area contributed by atoms with Crippen LogP contribution in [0.5, 0.6) is 0 Å². The Bertz CT molecular complexity index is 315. The molecule has 4 heteroatoms. The van der Waals surface area contributed by atoms with Gasteiger partial charge in [0.15, 0.2) is 11.9 Å². The molecule has 1 aliphatic rings. The maximum absolute atomic E-state index is 11.5. The molecule has 0 radical (unpaired) electrons. The first-order valence-corrected chi connectivity index (χ1v) is 8.64. The maximum Gasteiger partial charge on any atom is 0.334 e. The molecule has 1 aliphatic heterocycles. The predicted octanol–water partition coefficient (Wildman–Crippen LogP) is 4.27. The maximum atomic E-state index is 11.5. The zero-order valence-corrected chi connectivity index (χ0v) is 13.7. The Kier molecular flexibility index (Phi) is 9.92. The average molecular weight is 297 g/mol. The van der Waals surface area contributed by atoms with E-state index in [4.69, 9.17) is 9.47 Å². The molecule has 122 valence electrons. The molecule has 0 saturated heterocycles. The molecule has 1 heterocycles. The molecule has 0 aromatic carbocycles. The molecule has 1 unspecified atom stereocenters. The number of aliphatic imine (C=N–C) groups is 1. The van der Waals surface area contributed by atoms with Crippen LogP contribution >= 0.6 is 0 Å². The summed E-state index contributed by atoms with van der Waals surface area (Å²) in [7, 11) is 0. The summed E-state index contributed by atoms with van der Waals surface area (Å²) in [5, 5.41) is 0. The number of nitrogens with zero attached hydrogens (tertiary/aromatic N) is 1. The van der Waals surface area contributed by atoms with Crippen LogP contribution < -0.4 is 0 Å². The topological polar surface area (TPSA) is 47.9 Å². The molecule has 0 aliphatic carbocycles. The second kappa shape index (κ2) is 11.6. The van der Waals surface area contributed by atoms with Crippen LogP contribution in [0.25, 0.3) is 0 Å². The molecule has 0 spiro atoms. The summed E-state index contributed by atoms with van der Waals surface area (Å²) in [5.41, 5.74) is 0. The van der Waals surface area contributed by atoms with Gasteiger partial charge in [0.1, 0.15) is 6.61 Å². The second-order valence-corrected chi connectivity index (χ2v) is 5.68. The Morgan fingerprint density at radius 2 is 1.71 bits per heavy atom. The summed E-state index contributed by atoms with van der Waals surface area (Å²) in [4.78, 5) is 15.8. The third-order valence-electron chi connectivity index (χ3n) is 3.76. The van der Waals surface area contributed by atoms with Crippen molar-refractivity contribution in [2.75, 3.05) is 13.2 Å². The molecular formula is C17H31NO3. The lowest BCUT2D eigenvalue weighted by Crippen LogP contribution is -2.22. The normalized spacial score (nSPS) is 17.4. The van der Waals surface area contributed by atoms with Gasteiger partial charge in [-0.05, 0) is 13.3 Å². The lowest BCUT2D eigenvalue weighted by molar-refractivity contribution is -0.144. The lowest BCUT2D eigenvalue weighted by atomic mass is 10.1. The Labute approximate surface area is 129 Å². The fourth-order valence-electron chi connectivity index (χ4n) is 2.51. The van der Waals surface area contributed by atoms with E-state index in [1.165, 1.54) is 51.4 Å². The van der Waals surface area contributed by atoms with Crippen molar-refractivity contribution in [2.45, 2.75) is 84.1 Å². The van der Waals surface area contributed by atoms with Crippen molar-refractivity contribution in [2.24, 2.45) is 4.99 Å². The van der Waals surface area contributed by atoms with Gasteiger partial charge in [-0.25, -0.2) is 9.79 Å². The summed E-state index contributed by atoms with van der Waals surface area (Å²) < 4.78 is 10.4. The summed E-state index contributed by atoms with van der Waals surface area (Å²) in [5.74, 6) is 0.468. The summed E-state index contributed by atoms with van der Waals surface area (Å²) >= 11 is 0. The monoisotopic (exact) mass is 297 g/mol. The molecule has 4 nitrogen and oxygen atoms in total. The first kappa shape index (κ1) is 18.0. The van der Waals surface area contributed by atoms with Crippen LogP contribution in [0.4, 0.5) is 0 Å². The van der Waals surface area contributed by atoms with Gasteiger partial charge in [0.05, 0.1) is 6.61 Å². The third kappa shape index (κ3) is 8.08. The number of hydrogen-bond acceptors (Lipinski definition) is 4. The van der Waals surface area contributed by atoms with E-state index in [2.05, 4.69) is 11.9 Å². The fourth-order valence-corrected chi connectivity index (χ4v) is 2.51. The number of ether oxygens (including phenoxy) is 2. The smallest absolute Gasteiger partial charge is 0.334 e. The van der Waals surface area contributed by atoms with Crippen molar-refractivity contribution < 1.29 is 14.3 Å². The van der Waals surface area contributed by atoms with Crippen LogP contribution in [0, 0.1) is 0 Å². The summed E-state index contributed by atoms with van der Waals surface area (Å²) in [6.45, 7) is 4.81. The Hall–Kier alpha value is -1.06. The van der Waals surface area contributed by atoms with Crippen molar-refractivity contribution in [3.63, 3.8) is 0 Å². The first-order chi connectivity index (χ1) is 10.3. The number of unbranched alkanes of at least 4 members (excludes halogenated alkanes) is 8. The molecule has 0 aromatic rings. The van der Waals surface area contributed by atoms with E-state index in [1.807, 2.05) is 0 Å². The van der Waals surface area contributed by atoms with Gasteiger partial charge in [-0.3, -0.25) is 0 Å². The quantitative estimate of drug-likeness (QED) is 0.399. The Balaban J connectivity index is 1.98. The van der Waals surface area contributed by atoms with Crippen molar-refractivity contribution in [1.29, 1.82) is 0 Å². The van der Waals surface area contributed by atoms with Crippen LogP contribution in [0.15, 0.2) is 4.99 Å². The van der Waals surface area contributed by atoms with Gasteiger partial charge in [0, 0.05) is 6.42 Å². The van der Waals surface area contributed by atoms with E-state index in [0.717, 1.165) is 18.7 Å². The van der Waals surface area contributed by atoms with Crippen LogP contribution in [-0.2, 0) is 14.3 Å². The van der Waals surface area contributed by atoms with Gasteiger partial charge in [-0.15, -0.1) is 0 Å². The van der Waals surface area contributed by atoms with Gasteiger partial charge in [0.25, 0.3) is 0 Å². The van der Waals surface area contributed by atoms with Gasteiger partial charge >= 0.3 is 5.97 Å². The predicted molar refractivity (Wildman–Crippen MR) is 85.7 cm³/mol. The first-order valence-electron chi connectivity index (χ1n) is 8.64. The molecule has 0 bridgehead atoms. The standard InChI is InChI=1S/C17H31NO3/c1-3-5-6-7-8-9-10-11-12-13-16-18-15(14-21-16)17(19)20-4-2/h15H,3-14H2,1-2H3. The SMILES string of the molecule is CCCCCCCCCCCC1=NC(C(=O)OCC)CO1. The van der Waals surface area contributed by atoms with Gasteiger partial charge in [0.2, 0.25) is 0 Å². The molecular weight excluding hydrogens is 266 g/mol. The Morgan fingerprint density at radius 3 is 2.33 bits per heavy atom. The highest BCUT2D eigenvalue weighted by atomic mass is 16.5. The largest absolute Gasteiger partial charge is 0.478 e. The van der Waals surface area contributed by atoms with Crippen LogP contribution in [0.3, 0.4) is 0 Å². The minimum atomic E-state index is -0.432. The molecule has 21 heavy (non-hydrogen) atoms. The van der Waals surface area contributed by atoms with E-state index in [1.54, 1.807) is 6.92 Å². The minimum absolute atomic E-state index is 0.264. The van der Waals surface area contributed by atoms with Crippen molar-refractivity contribution >= 4 is 11.9 Å². The van der Waals surface area contributed by atoms with Crippen LogP contribution in [-0.4, -0.2) is 31.1 Å². The summed E-state index contributed by atoms with van der Waals surface area (Å²) in [6.07, 6.45) is 12.6. The summed E-state index contributed by atoms with van der Waals surface area (Å²) in [6, 6.07) is -0.432. The van der Waals surface area contributed by atoms with Crippen LogP contribution in [0.2, 0.25) is 0 Å². The van der Waals surface area contributed by atoms with E-state index in [9.17, 15) is 4.79 Å². The highest BCUT2D eigenvalue weighted by molar-refractivity contribution is 5.85. The molecule has 0 N–H and O–H groups in total. The molecule has 0 saturated carbocycles. The van der Waals surface area contributed by atoms with Crippen molar-refractivity contribution in [1.82, 2.24) is 0 Å².